The maximum atomic E-state index is 11.9. The third-order valence-corrected chi connectivity index (χ3v) is 2.46. The summed E-state index contributed by atoms with van der Waals surface area (Å²) in [6.07, 6.45) is -3.38. The van der Waals surface area contributed by atoms with Crippen molar-refractivity contribution in [2.24, 2.45) is 0 Å². The monoisotopic (exact) mass is 277 g/mol. The molecule has 0 bridgehead atoms. The molecule has 0 aliphatic heterocycles. The Kier molecular flexibility index (Phi) is 6.11. The van der Waals surface area contributed by atoms with Gasteiger partial charge in [0.2, 0.25) is 0 Å². The number of halogens is 3. The molecule has 0 fully saturated rings. The Labute approximate surface area is 110 Å². The van der Waals surface area contributed by atoms with Crippen LogP contribution >= 0.6 is 0 Å². The number of aliphatic hydroxyl groups excluding tert-OH is 1. The van der Waals surface area contributed by atoms with Crippen molar-refractivity contribution < 1.29 is 23.0 Å². The lowest BCUT2D eigenvalue weighted by Crippen LogP contribution is -2.17. The van der Waals surface area contributed by atoms with Crippen LogP contribution < -0.4 is 10.1 Å². The van der Waals surface area contributed by atoms with E-state index in [1.807, 2.05) is 0 Å². The summed E-state index contributed by atoms with van der Waals surface area (Å²) in [5.41, 5.74) is 0.881. The van der Waals surface area contributed by atoms with Gasteiger partial charge in [0.25, 0.3) is 0 Å². The fourth-order valence-corrected chi connectivity index (χ4v) is 1.56. The summed E-state index contributed by atoms with van der Waals surface area (Å²) in [5, 5.41) is 12.2. The van der Waals surface area contributed by atoms with E-state index in [0.717, 1.165) is 24.9 Å². The molecule has 0 heterocycles. The van der Waals surface area contributed by atoms with Gasteiger partial charge in [-0.2, -0.15) is 0 Å². The molecule has 0 spiro atoms. The molecular weight excluding hydrogens is 259 g/mol. The standard InChI is InChI=1S/C13H18F3NO2/c1-10(18)3-2-8-17-9-11-4-6-12(7-5-11)19-13(14,15)16/h4-7,10,17-18H,2-3,8-9H2,1H3. The van der Waals surface area contributed by atoms with E-state index in [1.54, 1.807) is 19.1 Å². The first-order valence-corrected chi connectivity index (χ1v) is 6.10. The summed E-state index contributed by atoms with van der Waals surface area (Å²) in [5.74, 6) is -0.217. The molecule has 1 aromatic rings. The first kappa shape index (κ1) is 15.8. The predicted octanol–water partition coefficient (Wildman–Crippen LogP) is 2.84. The van der Waals surface area contributed by atoms with Crippen molar-refractivity contribution in [3.63, 3.8) is 0 Å². The van der Waals surface area contributed by atoms with E-state index >= 15 is 0 Å². The number of ether oxygens (including phenoxy) is 1. The van der Waals surface area contributed by atoms with Gasteiger partial charge in [-0.3, -0.25) is 0 Å². The molecule has 0 saturated heterocycles. The number of alkyl halides is 3. The van der Waals surface area contributed by atoms with Crippen molar-refractivity contribution in [1.29, 1.82) is 0 Å². The lowest BCUT2D eigenvalue weighted by Gasteiger charge is -2.10. The van der Waals surface area contributed by atoms with Gasteiger partial charge in [-0.15, -0.1) is 13.2 Å². The zero-order chi connectivity index (χ0) is 14.3. The lowest BCUT2D eigenvalue weighted by molar-refractivity contribution is -0.274. The van der Waals surface area contributed by atoms with Crippen molar-refractivity contribution in [2.45, 2.75) is 38.8 Å². The molecule has 1 atom stereocenters. The van der Waals surface area contributed by atoms with E-state index in [1.165, 1.54) is 12.1 Å². The fourth-order valence-electron chi connectivity index (χ4n) is 1.56. The highest BCUT2D eigenvalue weighted by atomic mass is 19.4. The maximum absolute atomic E-state index is 11.9. The third-order valence-electron chi connectivity index (χ3n) is 2.46. The SMILES string of the molecule is CC(O)CCCNCc1ccc(OC(F)(F)F)cc1. The van der Waals surface area contributed by atoms with Gasteiger partial charge in [0.15, 0.2) is 0 Å². The topological polar surface area (TPSA) is 41.5 Å². The van der Waals surface area contributed by atoms with Crippen molar-refractivity contribution in [3.05, 3.63) is 29.8 Å². The molecule has 3 nitrogen and oxygen atoms in total. The number of hydrogen-bond donors (Lipinski definition) is 2. The van der Waals surface area contributed by atoms with Crippen LogP contribution in [0.15, 0.2) is 24.3 Å². The zero-order valence-corrected chi connectivity index (χ0v) is 10.7. The molecule has 0 aromatic heterocycles. The summed E-state index contributed by atoms with van der Waals surface area (Å²) >= 11 is 0. The minimum atomic E-state index is -4.65. The average molecular weight is 277 g/mol. The van der Waals surface area contributed by atoms with E-state index in [0.29, 0.717) is 6.54 Å². The normalized spacial score (nSPS) is 13.3. The lowest BCUT2D eigenvalue weighted by atomic mass is 10.2. The van der Waals surface area contributed by atoms with Gasteiger partial charge >= 0.3 is 6.36 Å². The first-order chi connectivity index (χ1) is 8.87. The summed E-state index contributed by atoms with van der Waals surface area (Å²) in [6, 6.07) is 5.76. The minimum Gasteiger partial charge on any atom is -0.406 e. The molecule has 108 valence electrons. The highest BCUT2D eigenvalue weighted by Crippen LogP contribution is 2.22. The van der Waals surface area contributed by atoms with Crippen LogP contribution in [0.1, 0.15) is 25.3 Å². The minimum absolute atomic E-state index is 0.217. The van der Waals surface area contributed by atoms with Crippen molar-refractivity contribution in [3.8, 4) is 5.75 Å². The molecule has 1 aromatic carbocycles. The van der Waals surface area contributed by atoms with Crippen LogP contribution in [0.4, 0.5) is 13.2 Å². The second kappa shape index (κ2) is 7.35. The van der Waals surface area contributed by atoms with E-state index in [-0.39, 0.29) is 11.9 Å². The number of benzene rings is 1. The summed E-state index contributed by atoms with van der Waals surface area (Å²) in [6.45, 7) is 3.07. The van der Waals surface area contributed by atoms with Crippen LogP contribution in [0.5, 0.6) is 5.75 Å². The molecule has 0 radical (unpaired) electrons. The van der Waals surface area contributed by atoms with Gasteiger partial charge in [0, 0.05) is 6.54 Å². The van der Waals surface area contributed by atoms with E-state index in [4.69, 9.17) is 5.11 Å². The average Bonchev–Trinajstić information content (AvgIpc) is 2.28. The summed E-state index contributed by atoms with van der Waals surface area (Å²) in [4.78, 5) is 0. The Hall–Kier alpha value is -1.27. The zero-order valence-electron chi connectivity index (χ0n) is 10.7. The van der Waals surface area contributed by atoms with Gasteiger partial charge < -0.3 is 15.2 Å². The Morgan fingerprint density at radius 3 is 2.42 bits per heavy atom. The largest absolute Gasteiger partial charge is 0.573 e. The van der Waals surface area contributed by atoms with Gasteiger partial charge in [0.1, 0.15) is 5.75 Å². The molecule has 6 heteroatoms. The van der Waals surface area contributed by atoms with Crippen LogP contribution in [0, 0.1) is 0 Å². The molecule has 0 aliphatic carbocycles. The summed E-state index contributed by atoms with van der Waals surface area (Å²) in [7, 11) is 0. The number of nitrogens with one attached hydrogen (secondary N) is 1. The Morgan fingerprint density at radius 2 is 1.89 bits per heavy atom. The van der Waals surface area contributed by atoms with Crippen molar-refractivity contribution in [1.82, 2.24) is 5.32 Å². The number of rotatable bonds is 7. The Balaban J connectivity index is 2.28. The molecule has 19 heavy (non-hydrogen) atoms. The van der Waals surface area contributed by atoms with Crippen LogP contribution in [0.3, 0.4) is 0 Å². The molecule has 1 unspecified atom stereocenters. The number of hydrogen-bond acceptors (Lipinski definition) is 3. The van der Waals surface area contributed by atoms with Gasteiger partial charge in [-0.1, -0.05) is 12.1 Å². The molecule has 0 amide bonds. The predicted molar refractivity (Wildman–Crippen MR) is 65.7 cm³/mol. The highest BCUT2D eigenvalue weighted by molar-refractivity contribution is 5.27. The smallest absolute Gasteiger partial charge is 0.406 e. The Bertz CT molecular complexity index is 363. The van der Waals surface area contributed by atoms with Gasteiger partial charge in [-0.25, -0.2) is 0 Å². The highest BCUT2D eigenvalue weighted by Gasteiger charge is 2.30. The van der Waals surface area contributed by atoms with Crippen molar-refractivity contribution in [2.75, 3.05) is 6.54 Å². The third kappa shape index (κ3) is 7.69. The molecule has 2 N–H and O–H groups in total. The van der Waals surface area contributed by atoms with Crippen LogP contribution in [0.25, 0.3) is 0 Å². The van der Waals surface area contributed by atoms with Gasteiger partial charge in [-0.05, 0) is 44.0 Å². The molecule has 0 saturated carbocycles. The molecular formula is C13H18F3NO2. The molecule has 0 aliphatic rings. The number of aliphatic hydroxyl groups is 1. The van der Waals surface area contributed by atoms with Crippen molar-refractivity contribution >= 4 is 0 Å². The maximum Gasteiger partial charge on any atom is 0.573 e. The molecule has 1 rings (SSSR count). The summed E-state index contributed by atoms with van der Waals surface area (Å²) < 4.78 is 39.6. The van der Waals surface area contributed by atoms with E-state index in [9.17, 15) is 13.2 Å². The van der Waals surface area contributed by atoms with Crippen LogP contribution in [-0.2, 0) is 6.54 Å². The second-order valence-corrected chi connectivity index (χ2v) is 4.36. The van der Waals surface area contributed by atoms with E-state index in [2.05, 4.69) is 10.1 Å². The Morgan fingerprint density at radius 1 is 1.26 bits per heavy atom. The van der Waals surface area contributed by atoms with Crippen LogP contribution in [0.2, 0.25) is 0 Å². The fraction of sp³-hybridized carbons (Fsp3) is 0.538. The first-order valence-electron chi connectivity index (χ1n) is 6.10. The quantitative estimate of drug-likeness (QED) is 0.753. The van der Waals surface area contributed by atoms with Gasteiger partial charge in [0.05, 0.1) is 6.10 Å². The van der Waals surface area contributed by atoms with E-state index < -0.39 is 6.36 Å². The van der Waals surface area contributed by atoms with Crippen LogP contribution in [-0.4, -0.2) is 24.1 Å². The second-order valence-electron chi connectivity index (χ2n) is 4.36.